The Morgan fingerprint density at radius 1 is 0.889 bits per heavy atom. The van der Waals surface area contributed by atoms with Gasteiger partial charge in [0.1, 0.15) is 5.82 Å². The molecular formula is C23H18FNO2. The molecule has 1 aliphatic heterocycles. The van der Waals surface area contributed by atoms with E-state index in [0.717, 1.165) is 16.8 Å². The number of rotatable bonds is 5. The van der Waals surface area contributed by atoms with Crippen LogP contribution in [0.5, 0.6) is 0 Å². The maximum absolute atomic E-state index is 13.1. The zero-order valence-electron chi connectivity index (χ0n) is 14.6. The number of anilines is 1. The normalized spacial score (nSPS) is 15.7. The number of Topliss-reactive ketones (excluding diaryl/α,β-unsaturated/α-hetero) is 1. The highest BCUT2D eigenvalue weighted by Gasteiger charge is 2.38. The fourth-order valence-electron chi connectivity index (χ4n) is 3.53. The van der Waals surface area contributed by atoms with E-state index in [0.29, 0.717) is 12.1 Å². The number of benzene rings is 3. The summed E-state index contributed by atoms with van der Waals surface area (Å²) in [7, 11) is 0. The summed E-state index contributed by atoms with van der Waals surface area (Å²) < 4.78 is 13.1. The summed E-state index contributed by atoms with van der Waals surface area (Å²) in [4.78, 5) is 27.5. The van der Waals surface area contributed by atoms with Gasteiger partial charge in [0.25, 0.3) is 0 Å². The van der Waals surface area contributed by atoms with E-state index in [1.165, 1.54) is 24.3 Å². The second kappa shape index (κ2) is 7.16. The minimum atomic E-state index is -0.512. The Bertz CT molecular complexity index is 983. The van der Waals surface area contributed by atoms with Crippen molar-refractivity contribution in [3.05, 3.63) is 101 Å². The highest BCUT2D eigenvalue weighted by molar-refractivity contribution is 6.08. The Labute approximate surface area is 157 Å². The lowest BCUT2D eigenvalue weighted by Crippen LogP contribution is -2.29. The van der Waals surface area contributed by atoms with Crippen molar-refractivity contribution in [1.82, 2.24) is 0 Å². The number of carbonyl (C=O) groups is 2. The first-order valence-electron chi connectivity index (χ1n) is 8.86. The van der Waals surface area contributed by atoms with E-state index in [-0.39, 0.29) is 23.9 Å². The SMILES string of the molecule is O=C(CC1C(=O)N(Cc2ccccc2)c2ccccc21)c1ccc(F)cc1. The van der Waals surface area contributed by atoms with Crippen molar-refractivity contribution in [2.24, 2.45) is 0 Å². The van der Waals surface area contributed by atoms with E-state index in [1.54, 1.807) is 4.90 Å². The minimum Gasteiger partial charge on any atom is -0.307 e. The van der Waals surface area contributed by atoms with Crippen LogP contribution in [0, 0.1) is 5.82 Å². The Kier molecular flexibility index (Phi) is 4.55. The molecule has 1 aliphatic rings. The third-order valence-electron chi connectivity index (χ3n) is 4.91. The summed E-state index contributed by atoms with van der Waals surface area (Å²) in [5.74, 6) is -1.13. The number of nitrogens with zero attached hydrogens (tertiary/aromatic N) is 1. The average Bonchev–Trinajstić information content (AvgIpc) is 2.95. The van der Waals surface area contributed by atoms with Crippen LogP contribution in [0.4, 0.5) is 10.1 Å². The monoisotopic (exact) mass is 359 g/mol. The quantitative estimate of drug-likeness (QED) is 0.618. The predicted octanol–water partition coefficient (Wildman–Crippen LogP) is 4.73. The van der Waals surface area contributed by atoms with Gasteiger partial charge in [0.05, 0.1) is 12.5 Å². The zero-order chi connectivity index (χ0) is 18.8. The summed E-state index contributed by atoms with van der Waals surface area (Å²) in [5, 5.41) is 0. The second-order valence-electron chi connectivity index (χ2n) is 6.66. The molecule has 0 radical (unpaired) electrons. The Hall–Kier alpha value is -3.27. The van der Waals surface area contributed by atoms with Crippen LogP contribution in [-0.2, 0) is 11.3 Å². The molecule has 3 aromatic rings. The molecule has 0 aromatic heterocycles. The number of para-hydroxylation sites is 1. The Morgan fingerprint density at radius 3 is 2.30 bits per heavy atom. The number of ketones is 1. The van der Waals surface area contributed by atoms with Crippen LogP contribution in [0.15, 0.2) is 78.9 Å². The van der Waals surface area contributed by atoms with Crippen LogP contribution in [0.3, 0.4) is 0 Å². The van der Waals surface area contributed by atoms with Gasteiger partial charge in [0, 0.05) is 17.7 Å². The van der Waals surface area contributed by atoms with Gasteiger partial charge in [-0.1, -0.05) is 48.5 Å². The summed E-state index contributed by atoms with van der Waals surface area (Å²) in [6.07, 6.45) is 0.0762. The predicted molar refractivity (Wildman–Crippen MR) is 102 cm³/mol. The van der Waals surface area contributed by atoms with Crippen molar-refractivity contribution >= 4 is 17.4 Å². The largest absolute Gasteiger partial charge is 0.307 e. The van der Waals surface area contributed by atoms with E-state index in [1.807, 2.05) is 54.6 Å². The highest BCUT2D eigenvalue weighted by atomic mass is 19.1. The van der Waals surface area contributed by atoms with Crippen LogP contribution < -0.4 is 4.90 Å². The van der Waals surface area contributed by atoms with Crippen LogP contribution in [0.1, 0.15) is 33.8 Å². The van der Waals surface area contributed by atoms with Gasteiger partial charge in [-0.2, -0.15) is 0 Å². The smallest absolute Gasteiger partial charge is 0.235 e. The molecule has 0 bridgehead atoms. The van der Waals surface area contributed by atoms with E-state index in [4.69, 9.17) is 0 Å². The van der Waals surface area contributed by atoms with Crippen molar-refractivity contribution in [1.29, 1.82) is 0 Å². The number of carbonyl (C=O) groups excluding carboxylic acids is 2. The molecule has 3 aromatic carbocycles. The topological polar surface area (TPSA) is 37.4 Å². The fraction of sp³-hybridized carbons (Fsp3) is 0.130. The molecule has 0 fully saturated rings. The van der Waals surface area contributed by atoms with Crippen molar-refractivity contribution in [3.63, 3.8) is 0 Å². The van der Waals surface area contributed by atoms with Crippen molar-refractivity contribution in [2.45, 2.75) is 18.9 Å². The Morgan fingerprint density at radius 2 is 1.56 bits per heavy atom. The van der Waals surface area contributed by atoms with Crippen molar-refractivity contribution < 1.29 is 14.0 Å². The number of amides is 1. The molecule has 1 atom stereocenters. The van der Waals surface area contributed by atoms with Crippen LogP contribution in [0.25, 0.3) is 0 Å². The standard InChI is InChI=1S/C23H18FNO2/c24-18-12-10-17(11-13-18)22(26)14-20-19-8-4-5-9-21(19)25(23(20)27)15-16-6-2-1-3-7-16/h1-13,20H,14-15H2. The van der Waals surface area contributed by atoms with E-state index >= 15 is 0 Å². The molecule has 1 heterocycles. The number of hydrogen-bond acceptors (Lipinski definition) is 2. The third-order valence-corrected chi connectivity index (χ3v) is 4.91. The summed E-state index contributed by atoms with van der Waals surface area (Å²) in [5.41, 5.74) is 3.17. The van der Waals surface area contributed by atoms with Crippen LogP contribution >= 0.6 is 0 Å². The molecule has 4 rings (SSSR count). The first kappa shape index (κ1) is 17.2. The molecule has 0 saturated heterocycles. The van der Waals surface area contributed by atoms with Crippen molar-refractivity contribution in [2.75, 3.05) is 4.90 Å². The van der Waals surface area contributed by atoms with E-state index in [2.05, 4.69) is 0 Å². The lowest BCUT2D eigenvalue weighted by Gasteiger charge is -2.18. The highest BCUT2D eigenvalue weighted by Crippen LogP contribution is 2.40. The number of fused-ring (bicyclic) bond motifs is 1. The van der Waals surface area contributed by atoms with Gasteiger partial charge in [0.2, 0.25) is 5.91 Å². The molecule has 0 spiro atoms. The molecule has 1 amide bonds. The second-order valence-corrected chi connectivity index (χ2v) is 6.66. The van der Waals surface area contributed by atoms with Gasteiger partial charge >= 0.3 is 0 Å². The molecule has 3 nitrogen and oxygen atoms in total. The summed E-state index contributed by atoms with van der Waals surface area (Å²) >= 11 is 0. The molecule has 4 heteroatoms. The molecule has 0 saturated carbocycles. The molecule has 134 valence electrons. The summed E-state index contributed by atoms with van der Waals surface area (Å²) in [6.45, 7) is 0.470. The maximum atomic E-state index is 13.1. The molecule has 27 heavy (non-hydrogen) atoms. The van der Waals surface area contributed by atoms with Crippen LogP contribution in [0.2, 0.25) is 0 Å². The van der Waals surface area contributed by atoms with Crippen molar-refractivity contribution in [3.8, 4) is 0 Å². The number of hydrogen-bond donors (Lipinski definition) is 0. The van der Waals surface area contributed by atoms with Gasteiger partial charge in [-0.3, -0.25) is 9.59 Å². The van der Waals surface area contributed by atoms with Gasteiger partial charge < -0.3 is 4.90 Å². The Balaban J connectivity index is 1.61. The van der Waals surface area contributed by atoms with Gasteiger partial charge in [0.15, 0.2) is 5.78 Å². The fourth-order valence-corrected chi connectivity index (χ4v) is 3.53. The maximum Gasteiger partial charge on any atom is 0.235 e. The molecule has 1 unspecified atom stereocenters. The molecule has 0 N–H and O–H groups in total. The lowest BCUT2D eigenvalue weighted by atomic mass is 9.93. The van der Waals surface area contributed by atoms with Crippen LogP contribution in [-0.4, -0.2) is 11.7 Å². The third kappa shape index (κ3) is 3.38. The molecule has 0 aliphatic carbocycles. The number of halogens is 1. The van der Waals surface area contributed by atoms with Gasteiger partial charge in [-0.05, 0) is 41.5 Å². The van der Waals surface area contributed by atoms with Gasteiger partial charge in [-0.25, -0.2) is 4.39 Å². The summed E-state index contributed by atoms with van der Waals surface area (Å²) in [6, 6.07) is 22.8. The molecular weight excluding hydrogens is 341 g/mol. The average molecular weight is 359 g/mol. The first-order chi connectivity index (χ1) is 13.1. The minimum absolute atomic E-state index is 0.0736. The zero-order valence-corrected chi connectivity index (χ0v) is 14.6. The first-order valence-corrected chi connectivity index (χ1v) is 8.86. The van der Waals surface area contributed by atoms with Gasteiger partial charge in [-0.15, -0.1) is 0 Å². The lowest BCUT2D eigenvalue weighted by molar-refractivity contribution is -0.119. The van der Waals surface area contributed by atoms with E-state index in [9.17, 15) is 14.0 Å². The van der Waals surface area contributed by atoms with E-state index < -0.39 is 5.92 Å².